The number of amides is 1. The quantitative estimate of drug-likeness (QED) is 0.770. The molecule has 0 aliphatic heterocycles. The van der Waals surface area contributed by atoms with E-state index in [0.29, 0.717) is 0 Å². The SMILES string of the molecule is Cc1cc(=O)c(C(=O)N(C2CC2)[C@@H](C)c2ccc3ccccc3c2)c[nH]1. The summed E-state index contributed by atoms with van der Waals surface area (Å²) in [7, 11) is 0. The van der Waals surface area contributed by atoms with Crippen LogP contribution in [0.15, 0.2) is 59.5 Å². The number of aromatic amines is 1. The maximum absolute atomic E-state index is 13.1. The van der Waals surface area contributed by atoms with E-state index in [1.165, 1.54) is 11.5 Å². The van der Waals surface area contributed by atoms with Gasteiger partial charge < -0.3 is 9.88 Å². The Bertz CT molecular complexity index is 1030. The summed E-state index contributed by atoms with van der Waals surface area (Å²) >= 11 is 0. The summed E-state index contributed by atoms with van der Waals surface area (Å²) in [5.74, 6) is -0.186. The van der Waals surface area contributed by atoms with Gasteiger partial charge in [-0.2, -0.15) is 0 Å². The average molecular weight is 346 g/mol. The molecule has 1 aromatic heterocycles. The van der Waals surface area contributed by atoms with Gasteiger partial charge in [0, 0.05) is 24.0 Å². The second kappa shape index (κ2) is 6.45. The van der Waals surface area contributed by atoms with Crippen LogP contribution in [0.25, 0.3) is 10.8 Å². The number of carbonyl (C=O) groups is 1. The third-order valence-electron chi connectivity index (χ3n) is 5.14. The minimum Gasteiger partial charge on any atom is -0.364 e. The largest absolute Gasteiger partial charge is 0.364 e. The summed E-state index contributed by atoms with van der Waals surface area (Å²) in [6.07, 6.45) is 3.53. The van der Waals surface area contributed by atoms with Crippen LogP contribution >= 0.6 is 0 Å². The van der Waals surface area contributed by atoms with E-state index < -0.39 is 0 Å². The fourth-order valence-corrected chi connectivity index (χ4v) is 3.52. The van der Waals surface area contributed by atoms with Crippen LogP contribution in [0.1, 0.15) is 47.4 Å². The highest BCUT2D eigenvalue weighted by atomic mass is 16.2. The van der Waals surface area contributed by atoms with E-state index in [1.807, 2.05) is 30.9 Å². The van der Waals surface area contributed by atoms with Crippen molar-refractivity contribution in [2.45, 2.75) is 38.8 Å². The van der Waals surface area contributed by atoms with Crippen LogP contribution in [-0.4, -0.2) is 21.8 Å². The Labute approximate surface area is 152 Å². The lowest BCUT2D eigenvalue weighted by molar-refractivity contribution is 0.0672. The predicted octanol–water partition coefficient (Wildman–Crippen LogP) is 4.20. The van der Waals surface area contributed by atoms with Crippen LogP contribution in [0.4, 0.5) is 0 Å². The van der Waals surface area contributed by atoms with E-state index in [9.17, 15) is 9.59 Å². The second-order valence-electron chi connectivity index (χ2n) is 7.12. The van der Waals surface area contributed by atoms with Gasteiger partial charge in [-0.1, -0.05) is 36.4 Å². The summed E-state index contributed by atoms with van der Waals surface area (Å²) in [5, 5.41) is 2.34. The molecule has 0 spiro atoms. The Morgan fingerprint density at radius 1 is 1.12 bits per heavy atom. The number of aryl methyl sites for hydroxylation is 1. The summed E-state index contributed by atoms with van der Waals surface area (Å²) in [4.78, 5) is 30.3. The molecule has 3 aromatic rings. The molecular formula is C22H22N2O2. The number of nitrogens with zero attached hydrogens (tertiary/aromatic N) is 1. The van der Waals surface area contributed by atoms with E-state index in [1.54, 1.807) is 6.20 Å². The van der Waals surface area contributed by atoms with Crippen LogP contribution in [0, 0.1) is 6.92 Å². The number of benzene rings is 2. The molecule has 4 heteroatoms. The molecular weight excluding hydrogens is 324 g/mol. The number of carbonyl (C=O) groups excluding carboxylic acids is 1. The van der Waals surface area contributed by atoms with Crippen molar-refractivity contribution in [1.82, 2.24) is 9.88 Å². The summed E-state index contributed by atoms with van der Waals surface area (Å²) in [6.45, 7) is 3.86. The van der Waals surface area contributed by atoms with Crippen molar-refractivity contribution < 1.29 is 4.79 Å². The highest BCUT2D eigenvalue weighted by Crippen LogP contribution is 2.36. The van der Waals surface area contributed by atoms with Gasteiger partial charge in [-0.05, 0) is 49.1 Å². The first kappa shape index (κ1) is 16.6. The zero-order valence-corrected chi connectivity index (χ0v) is 15.0. The van der Waals surface area contributed by atoms with E-state index in [0.717, 1.165) is 29.5 Å². The molecule has 4 nitrogen and oxygen atoms in total. The summed E-state index contributed by atoms with van der Waals surface area (Å²) in [6, 6.07) is 16.1. The van der Waals surface area contributed by atoms with Crippen molar-refractivity contribution in [2.75, 3.05) is 0 Å². The standard InChI is InChI=1S/C22H22N2O2/c1-14-11-21(25)20(13-23-14)22(26)24(19-9-10-19)15(2)17-8-7-16-5-3-4-6-18(16)12-17/h3-8,11-13,15,19H,9-10H2,1-2H3,(H,23,25)/t15-/m0/s1. The Kier molecular flexibility index (Phi) is 4.11. The van der Waals surface area contributed by atoms with Gasteiger partial charge in [-0.3, -0.25) is 9.59 Å². The molecule has 2 aromatic carbocycles. The lowest BCUT2D eigenvalue weighted by Gasteiger charge is -2.30. The molecule has 1 amide bonds. The highest BCUT2D eigenvalue weighted by Gasteiger charge is 2.37. The number of rotatable bonds is 4. The van der Waals surface area contributed by atoms with Gasteiger partial charge in [0.25, 0.3) is 5.91 Å². The third kappa shape index (κ3) is 3.03. The molecule has 1 N–H and O–H groups in total. The molecule has 1 saturated carbocycles. The van der Waals surface area contributed by atoms with Gasteiger partial charge in [0.05, 0.1) is 6.04 Å². The number of pyridine rings is 1. The molecule has 26 heavy (non-hydrogen) atoms. The van der Waals surface area contributed by atoms with Gasteiger partial charge in [-0.15, -0.1) is 0 Å². The van der Waals surface area contributed by atoms with Crippen molar-refractivity contribution in [1.29, 1.82) is 0 Å². The van der Waals surface area contributed by atoms with Gasteiger partial charge in [0.2, 0.25) is 0 Å². The lowest BCUT2D eigenvalue weighted by Crippen LogP contribution is -2.38. The molecule has 0 radical (unpaired) electrons. The molecule has 0 saturated heterocycles. The Balaban J connectivity index is 1.71. The maximum Gasteiger partial charge on any atom is 0.260 e. The van der Waals surface area contributed by atoms with Crippen molar-refractivity contribution in [3.63, 3.8) is 0 Å². The van der Waals surface area contributed by atoms with Crippen molar-refractivity contribution in [2.24, 2.45) is 0 Å². The molecule has 0 unspecified atom stereocenters. The predicted molar refractivity (Wildman–Crippen MR) is 103 cm³/mol. The monoisotopic (exact) mass is 346 g/mol. The van der Waals surface area contributed by atoms with Crippen molar-refractivity contribution in [3.05, 3.63) is 81.8 Å². The van der Waals surface area contributed by atoms with E-state index in [-0.39, 0.29) is 29.0 Å². The second-order valence-corrected chi connectivity index (χ2v) is 7.12. The number of hydrogen-bond donors (Lipinski definition) is 1. The summed E-state index contributed by atoms with van der Waals surface area (Å²) < 4.78 is 0. The molecule has 1 aliphatic rings. The Morgan fingerprint density at radius 2 is 1.85 bits per heavy atom. The molecule has 4 rings (SSSR count). The van der Waals surface area contributed by atoms with Crippen LogP contribution in [-0.2, 0) is 0 Å². The first-order valence-corrected chi connectivity index (χ1v) is 9.05. The third-order valence-corrected chi connectivity index (χ3v) is 5.14. The Morgan fingerprint density at radius 3 is 2.54 bits per heavy atom. The molecule has 1 fully saturated rings. The molecule has 0 bridgehead atoms. The van der Waals surface area contributed by atoms with E-state index in [2.05, 4.69) is 35.3 Å². The lowest BCUT2D eigenvalue weighted by atomic mass is 10.0. The van der Waals surface area contributed by atoms with Gasteiger partial charge in [-0.25, -0.2) is 0 Å². The van der Waals surface area contributed by atoms with Crippen LogP contribution in [0.3, 0.4) is 0 Å². The first-order valence-electron chi connectivity index (χ1n) is 9.05. The van der Waals surface area contributed by atoms with Crippen LogP contribution in [0.2, 0.25) is 0 Å². The van der Waals surface area contributed by atoms with E-state index >= 15 is 0 Å². The zero-order chi connectivity index (χ0) is 18.3. The van der Waals surface area contributed by atoms with Crippen molar-refractivity contribution >= 4 is 16.7 Å². The fourth-order valence-electron chi connectivity index (χ4n) is 3.52. The topological polar surface area (TPSA) is 53.2 Å². The van der Waals surface area contributed by atoms with Crippen LogP contribution in [0.5, 0.6) is 0 Å². The molecule has 132 valence electrons. The average Bonchev–Trinajstić information content (AvgIpc) is 3.46. The molecule has 1 atom stereocenters. The van der Waals surface area contributed by atoms with Gasteiger partial charge in [0.1, 0.15) is 5.56 Å². The first-order chi connectivity index (χ1) is 12.5. The fraction of sp³-hybridized carbons (Fsp3) is 0.273. The zero-order valence-electron chi connectivity index (χ0n) is 15.0. The number of hydrogen-bond acceptors (Lipinski definition) is 2. The number of fused-ring (bicyclic) bond motifs is 1. The highest BCUT2D eigenvalue weighted by molar-refractivity contribution is 5.94. The number of nitrogens with one attached hydrogen (secondary N) is 1. The Hall–Kier alpha value is -2.88. The van der Waals surface area contributed by atoms with Gasteiger partial charge >= 0.3 is 0 Å². The maximum atomic E-state index is 13.1. The minimum absolute atomic E-state index is 0.0830. The van der Waals surface area contributed by atoms with Gasteiger partial charge in [0.15, 0.2) is 5.43 Å². The minimum atomic E-state index is -0.220. The smallest absolute Gasteiger partial charge is 0.260 e. The van der Waals surface area contributed by atoms with Crippen molar-refractivity contribution in [3.8, 4) is 0 Å². The summed E-state index contributed by atoms with van der Waals surface area (Å²) in [5.41, 5.74) is 1.84. The van der Waals surface area contributed by atoms with E-state index in [4.69, 9.17) is 0 Å². The normalized spacial score (nSPS) is 15.0. The number of aromatic nitrogens is 1. The van der Waals surface area contributed by atoms with Crippen LogP contribution < -0.4 is 5.43 Å². The number of H-pyrrole nitrogens is 1. The molecule has 1 aliphatic carbocycles. The molecule has 1 heterocycles.